The highest BCUT2D eigenvalue weighted by molar-refractivity contribution is 5.83. The van der Waals surface area contributed by atoms with Crippen LogP contribution >= 0.6 is 0 Å². The Hall–Kier alpha value is -4.11. The number of hydrogen-bond donors (Lipinski definition) is 1. The molecular formula is C28H31N7O2. The van der Waals surface area contributed by atoms with E-state index in [1.807, 2.05) is 43.5 Å². The molecule has 0 spiro atoms. The van der Waals surface area contributed by atoms with E-state index < -0.39 is 0 Å². The summed E-state index contributed by atoms with van der Waals surface area (Å²) in [4.78, 5) is 23.0. The van der Waals surface area contributed by atoms with Crippen LogP contribution in [0.5, 0.6) is 0 Å². The zero-order valence-corrected chi connectivity index (χ0v) is 21.5. The maximum Gasteiger partial charge on any atom is 0.252 e. The minimum atomic E-state index is -0.167. The Kier molecular flexibility index (Phi) is 6.96. The molecule has 0 saturated heterocycles. The minimum absolute atomic E-state index is 0.0879. The van der Waals surface area contributed by atoms with Crippen molar-refractivity contribution in [1.29, 1.82) is 0 Å². The van der Waals surface area contributed by atoms with Gasteiger partial charge in [0.1, 0.15) is 12.3 Å². The van der Waals surface area contributed by atoms with Crippen LogP contribution in [-0.2, 0) is 19.6 Å². The molecule has 0 unspecified atom stereocenters. The Morgan fingerprint density at radius 3 is 2.70 bits per heavy atom. The number of aryl methyl sites for hydroxylation is 2. The number of furan rings is 1. The van der Waals surface area contributed by atoms with Crippen LogP contribution in [0, 0.1) is 19.8 Å². The third kappa shape index (κ3) is 5.22. The second-order valence-corrected chi connectivity index (χ2v) is 9.82. The first-order chi connectivity index (χ1) is 17.9. The predicted octanol–water partition coefficient (Wildman–Crippen LogP) is 4.57. The fourth-order valence-corrected chi connectivity index (χ4v) is 4.85. The Bertz CT molecular complexity index is 1540. The average molecular weight is 498 g/mol. The lowest BCUT2D eigenvalue weighted by atomic mass is 9.99. The van der Waals surface area contributed by atoms with Gasteiger partial charge in [-0.05, 0) is 76.5 Å². The molecule has 0 aliphatic heterocycles. The lowest BCUT2D eigenvalue weighted by Gasteiger charge is -2.33. The van der Waals surface area contributed by atoms with Gasteiger partial charge in [-0.3, -0.25) is 14.7 Å². The average Bonchev–Trinajstić information content (AvgIpc) is 3.56. The summed E-state index contributed by atoms with van der Waals surface area (Å²) < 4.78 is 7.32. The molecule has 0 saturated carbocycles. The molecule has 1 aromatic carbocycles. The number of hydrogen-bond acceptors (Lipinski definition) is 7. The first-order valence-corrected chi connectivity index (χ1v) is 12.4. The summed E-state index contributed by atoms with van der Waals surface area (Å²) in [6.45, 7) is 9.80. The number of nitrogens with zero attached hydrogens (tertiary/aromatic N) is 6. The van der Waals surface area contributed by atoms with Crippen LogP contribution in [0.1, 0.15) is 53.7 Å². The van der Waals surface area contributed by atoms with Crippen molar-refractivity contribution in [1.82, 2.24) is 35.1 Å². The standard InChI is InChI=1S/C28H31N7O2/c1-18(2)26(27-31-32-33-35(27)17-24-8-6-12-37-24)34(15-21-7-5-11-29-14-21)16-23-13-22-10-9-19(3)20(4)25(22)30-28(23)36/h5-14,18,26H,15-17H2,1-4H3,(H,30,36)/t26-/m1/s1. The van der Waals surface area contributed by atoms with Gasteiger partial charge in [0.2, 0.25) is 0 Å². The summed E-state index contributed by atoms with van der Waals surface area (Å²) in [5.74, 6) is 1.65. The van der Waals surface area contributed by atoms with Crippen LogP contribution in [0.25, 0.3) is 10.9 Å². The number of benzene rings is 1. The molecule has 0 aliphatic carbocycles. The van der Waals surface area contributed by atoms with Crippen molar-refractivity contribution in [3.05, 3.63) is 105 Å². The van der Waals surface area contributed by atoms with E-state index in [0.29, 0.717) is 25.2 Å². The minimum Gasteiger partial charge on any atom is -0.467 e. The number of nitrogens with one attached hydrogen (secondary N) is 1. The molecule has 0 bridgehead atoms. The van der Waals surface area contributed by atoms with Gasteiger partial charge < -0.3 is 9.40 Å². The highest BCUT2D eigenvalue weighted by Crippen LogP contribution is 2.30. The quantitative estimate of drug-likeness (QED) is 0.318. The van der Waals surface area contributed by atoms with E-state index in [4.69, 9.17) is 4.42 Å². The van der Waals surface area contributed by atoms with Crippen molar-refractivity contribution < 1.29 is 4.42 Å². The van der Waals surface area contributed by atoms with E-state index in [0.717, 1.165) is 39.2 Å². The number of tetrazole rings is 1. The first kappa shape index (κ1) is 24.6. The van der Waals surface area contributed by atoms with Gasteiger partial charge >= 0.3 is 0 Å². The third-order valence-electron chi connectivity index (χ3n) is 6.84. The molecule has 5 rings (SSSR count). The molecule has 1 atom stereocenters. The van der Waals surface area contributed by atoms with Gasteiger partial charge in [-0.1, -0.05) is 32.0 Å². The van der Waals surface area contributed by atoms with Crippen LogP contribution in [-0.4, -0.2) is 35.1 Å². The number of rotatable bonds is 9. The normalized spacial score (nSPS) is 12.6. The molecule has 0 fully saturated rings. The van der Waals surface area contributed by atoms with Gasteiger partial charge in [0.25, 0.3) is 5.56 Å². The van der Waals surface area contributed by atoms with Crippen LogP contribution in [0.15, 0.2) is 70.3 Å². The summed E-state index contributed by atoms with van der Waals surface area (Å²) in [6, 6.07) is 13.7. The van der Waals surface area contributed by atoms with Gasteiger partial charge in [0.15, 0.2) is 5.82 Å². The number of aromatic nitrogens is 6. The van der Waals surface area contributed by atoms with Crippen molar-refractivity contribution in [2.75, 3.05) is 0 Å². The maximum atomic E-state index is 13.3. The zero-order valence-electron chi connectivity index (χ0n) is 21.5. The molecule has 4 aromatic heterocycles. The zero-order chi connectivity index (χ0) is 25.9. The summed E-state index contributed by atoms with van der Waals surface area (Å²) in [7, 11) is 0. The Labute approximate surface area is 215 Å². The lowest BCUT2D eigenvalue weighted by Crippen LogP contribution is -2.35. The Balaban J connectivity index is 1.56. The van der Waals surface area contributed by atoms with Crippen LogP contribution in [0.3, 0.4) is 0 Å². The molecule has 9 heteroatoms. The fraction of sp³-hybridized carbons (Fsp3) is 0.321. The van der Waals surface area contributed by atoms with Crippen LogP contribution in [0.2, 0.25) is 0 Å². The molecule has 1 N–H and O–H groups in total. The van der Waals surface area contributed by atoms with Gasteiger partial charge in [0, 0.05) is 31.0 Å². The van der Waals surface area contributed by atoms with Crippen LogP contribution in [0.4, 0.5) is 0 Å². The van der Waals surface area contributed by atoms with E-state index in [1.54, 1.807) is 17.1 Å². The monoisotopic (exact) mass is 497 g/mol. The highest BCUT2D eigenvalue weighted by Gasteiger charge is 2.30. The van der Waals surface area contributed by atoms with E-state index >= 15 is 0 Å². The van der Waals surface area contributed by atoms with Crippen molar-refractivity contribution in [2.24, 2.45) is 5.92 Å². The first-order valence-electron chi connectivity index (χ1n) is 12.4. The number of pyridine rings is 2. The highest BCUT2D eigenvalue weighted by atomic mass is 16.3. The molecule has 190 valence electrons. The lowest BCUT2D eigenvalue weighted by molar-refractivity contribution is 0.125. The molecular weight excluding hydrogens is 466 g/mol. The molecule has 37 heavy (non-hydrogen) atoms. The second-order valence-electron chi connectivity index (χ2n) is 9.82. The van der Waals surface area contributed by atoms with Crippen LogP contribution < -0.4 is 5.56 Å². The van der Waals surface area contributed by atoms with Crippen molar-refractivity contribution in [3.8, 4) is 0 Å². The smallest absolute Gasteiger partial charge is 0.252 e. The predicted molar refractivity (Wildman–Crippen MR) is 141 cm³/mol. The van der Waals surface area contributed by atoms with Crippen molar-refractivity contribution in [2.45, 2.75) is 53.4 Å². The maximum absolute atomic E-state index is 13.3. The summed E-state index contributed by atoms with van der Waals surface area (Å²) >= 11 is 0. The summed E-state index contributed by atoms with van der Waals surface area (Å²) in [5, 5.41) is 13.7. The second kappa shape index (κ2) is 10.5. The summed E-state index contributed by atoms with van der Waals surface area (Å²) in [6.07, 6.45) is 5.26. The largest absolute Gasteiger partial charge is 0.467 e. The van der Waals surface area contributed by atoms with E-state index in [2.05, 4.69) is 63.3 Å². The fourth-order valence-electron chi connectivity index (χ4n) is 4.85. The molecule has 0 aliphatic rings. The number of aromatic amines is 1. The number of fused-ring (bicyclic) bond motifs is 1. The molecule has 4 heterocycles. The molecule has 0 amide bonds. The van der Waals surface area contributed by atoms with Gasteiger partial charge in [-0.2, -0.15) is 0 Å². The molecule has 5 aromatic rings. The Morgan fingerprint density at radius 1 is 1.11 bits per heavy atom. The van der Waals surface area contributed by atoms with Gasteiger partial charge in [0.05, 0.1) is 17.8 Å². The van der Waals surface area contributed by atoms with Gasteiger partial charge in [-0.25, -0.2) is 4.68 Å². The van der Waals surface area contributed by atoms with Gasteiger partial charge in [-0.15, -0.1) is 5.10 Å². The number of H-pyrrole nitrogens is 1. The molecule has 9 nitrogen and oxygen atoms in total. The Morgan fingerprint density at radius 2 is 1.97 bits per heavy atom. The van der Waals surface area contributed by atoms with E-state index in [1.165, 1.54) is 0 Å². The SMILES string of the molecule is Cc1ccc2cc(CN(Cc3cccnc3)[C@@H](c3nnnn3Cc3ccco3)C(C)C)c(=O)[nH]c2c1C. The third-order valence-corrected chi connectivity index (χ3v) is 6.84. The van der Waals surface area contributed by atoms with Crippen molar-refractivity contribution in [3.63, 3.8) is 0 Å². The van der Waals surface area contributed by atoms with Crippen molar-refractivity contribution >= 4 is 10.9 Å². The van der Waals surface area contributed by atoms with E-state index in [9.17, 15) is 4.79 Å². The topological polar surface area (TPSA) is 106 Å². The summed E-state index contributed by atoms with van der Waals surface area (Å²) in [5.41, 5.74) is 4.77. The van der Waals surface area contributed by atoms with E-state index in [-0.39, 0.29) is 17.5 Å². The molecule has 0 radical (unpaired) electrons.